The van der Waals surface area contributed by atoms with E-state index in [1.165, 1.54) is 12.8 Å². The molecule has 4 heteroatoms. The van der Waals surface area contributed by atoms with E-state index in [4.69, 9.17) is 4.74 Å². The van der Waals surface area contributed by atoms with Gasteiger partial charge in [0.15, 0.2) is 0 Å². The Hall–Kier alpha value is -1.55. The lowest BCUT2D eigenvalue weighted by molar-refractivity contribution is 0.169. The van der Waals surface area contributed by atoms with Gasteiger partial charge in [-0.2, -0.15) is 0 Å². The number of rotatable bonds is 3. The molecule has 2 fully saturated rings. The van der Waals surface area contributed by atoms with Crippen LogP contribution in [0.3, 0.4) is 0 Å². The molecule has 1 heterocycles. The van der Waals surface area contributed by atoms with Crippen LogP contribution < -0.4 is 10.1 Å². The third-order valence-electron chi connectivity index (χ3n) is 3.87. The van der Waals surface area contributed by atoms with Crippen LogP contribution in [0.25, 0.3) is 0 Å². The van der Waals surface area contributed by atoms with Crippen molar-refractivity contribution in [2.24, 2.45) is 0 Å². The number of carbonyl (C=O) groups excluding carboxylic acids is 1. The molecule has 2 aliphatic rings. The zero-order chi connectivity index (χ0) is 13.1. The number of amides is 1. The summed E-state index contributed by atoms with van der Waals surface area (Å²) < 4.78 is 5.24. The lowest BCUT2D eigenvalue weighted by Gasteiger charge is -2.32. The van der Waals surface area contributed by atoms with Crippen molar-refractivity contribution in [3.05, 3.63) is 30.3 Å². The maximum absolute atomic E-state index is 11.8. The van der Waals surface area contributed by atoms with Crippen molar-refractivity contribution < 1.29 is 9.53 Å². The molecule has 0 spiro atoms. The standard InChI is InChI=1S/C15H20N2O2/c18-15(19-14-4-2-1-3-5-14)16-12-8-10-17(11-9-12)13-6-7-13/h1-5,12-13H,6-11H2,(H,16,18). The second-order valence-corrected chi connectivity index (χ2v) is 5.39. The summed E-state index contributed by atoms with van der Waals surface area (Å²) in [6, 6.07) is 10.3. The van der Waals surface area contributed by atoms with Crippen molar-refractivity contribution in [3.8, 4) is 5.75 Å². The smallest absolute Gasteiger partial charge is 0.410 e. The maximum Gasteiger partial charge on any atom is 0.412 e. The molecule has 102 valence electrons. The topological polar surface area (TPSA) is 41.6 Å². The maximum atomic E-state index is 11.8. The Balaban J connectivity index is 1.43. The summed E-state index contributed by atoms with van der Waals surface area (Å²) in [5, 5.41) is 2.96. The molecule has 0 bridgehead atoms. The van der Waals surface area contributed by atoms with Crippen molar-refractivity contribution in [1.29, 1.82) is 0 Å². The average Bonchev–Trinajstić information content (AvgIpc) is 3.25. The van der Waals surface area contributed by atoms with Gasteiger partial charge in [-0.3, -0.25) is 0 Å². The van der Waals surface area contributed by atoms with Crippen LogP contribution in [0.1, 0.15) is 25.7 Å². The fraction of sp³-hybridized carbons (Fsp3) is 0.533. The molecule has 1 aliphatic carbocycles. The van der Waals surface area contributed by atoms with Gasteiger partial charge < -0.3 is 15.0 Å². The largest absolute Gasteiger partial charge is 0.412 e. The highest BCUT2D eigenvalue weighted by Crippen LogP contribution is 2.29. The highest BCUT2D eigenvalue weighted by molar-refractivity contribution is 5.70. The van der Waals surface area contributed by atoms with Crippen LogP contribution in [0.2, 0.25) is 0 Å². The zero-order valence-electron chi connectivity index (χ0n) is 11.0. The highest BCUT2D eigenvalue weighted by Gasteiger charge is 2.32. The number of piperidine rings is 1. The number of hydrogen-bond donors (Lipinski definition) is 1. The van der Waals surface area contributed by atoms with Gasteiger partial charge in [-0.1, -0.05) is 18.2 Å². The van der Waals surface area contributed by atoms with Crippen molar-refractivity contribution in [1.82, 2.24) is 10.2 Å². The quantitative estimate of drug-likeness (QED) is 0.907. The van der Waals surface area contributed by atoms with Crippen LogP contribution in [-0.4, -0.2) is 36.2 Å². The first-order valence-corrected chi connectivity index (χ1v) is 7.09. The minimum Gasteiger partial charge on any atom is -0.410 e. The molecule has 1 saturated carbocycles. The zero-order valence-corrected chi connectivity index (χ0v) is 11.0. The van der Waals surface area contributed by atoms with Crippen molar-refractivity contribution in [2.45, 2.75) is 37.8 Å². The molecule has 4 nitrogen and oxygen atoms in total. The number of carbonyl (C=O) groups is 1. The minimum absolute atomic E-state index is 0.256. The predicted molar refractivity (Wildman–Crippen MR) is 73.2 cm³/mol. The van der Waals surface area contributed by atoms with E-state index in [2.05, 4.69) is 10.2 Å². The van der Waals surface area contributed by atoms with Crippen LogP contribution >= 0.6 is 0 Å². The predicted octanol–water partition coefficient (Wildman–Crippen LogP) is 2.40. The Morgan fingerprint density at radius 2 is 1.79 bits per heavy atom. The molecule has 1 saturated heterocycles. The van der Waals surface area contributed by atoms with Crippen molar-refractivity contribution in [3.63, 3.8) is 0 Å². The molecule has 1 amide bonds. The average molecular weight is 260 g/mol. The molecule has 0 atom stereocenters. The fourth-order valence-corrected chi connectivity index (χ4v) is 2.64. The molecule has 1 aromatic carbocycles. The highest BCUT2D eigenvalue weighted by atomic mass is 16.6. The molecule has 3 rings (SSSR count). The number of hydrogen-bond acceptors (Lipinski definition) is 3. The summed E-state index contributed by atoms with van der Waals surface area (Å²) in [5.74, 6) is 0.593. The van der Waals surface area contributed by atoms with Crippen LogP contribution in [0, 0.1) is 0 Å². The molecular formula is C15H20N2O2. The molecule has 19 heavy (non-hydrogen) atoms. The molecule has 0 aromatic heterocycles. The van der Waals surface area contributed by atoms with Gasteiger partial charge in [0.25, 0.3) is 0 Å². The second-order valence-electron chi connectivity index (χ2n) is 5.39. The van der Waals surface area contributed by atoms with Gasteiger partial charge in [0.1, 0.15) is 5.75 Å². The number of nitrogens with zero attached hydrogens (tertiary/aromatic N) is 1. The van der Waals surface area contributed by atoms with Crippen LogP contribution in [0.4, 0.5) is 4.79 Å². The van der Waals surface area contributed by atoms with E-state index in [0.717, 1.165) is 32.0 Å². The minimum atomic E-state index is -0.337. The van der Waals surface area contributed by atoms with E-state index < -0.39 is 0 Å². The van der Waals surface area contributed by atoms with Crippen LogP contribution in [0.5, 0.6) is 5.75 Å². The summed E-state index contributed by atoms with van der Waals surface area (Å²) in [4.78, 5) is 14.3. The van der Waals surface area contributed by atoms with Gasteiger partial charge in [0.2, 0.25) is 0 Å². The Labute approximate surface area is 113 Å². The summed E-state index contributed by atoms with van der Waals surface area (Å²) in [6.07, 6.45) is 4.43. The van der Waals surface area contributed by atoms with Crippen LogP contribution in [0.15, 0.2) is 30.3 Å². The monoisotopic (exact) mass is 260 g/mol. The fourth-order valence-electron chi connectivity index (χ4n) is 2.64. The van der Waals surface area contributed by atoms with Gasteiger partial charge in [-0.25, -0.2) is 4.79 Å². The van der Waals surface area contributed by atoms with E-state index in [0.29, 0.717) is 5.75 Å². The van der Waals surface area contributed by atoms with Gasteiger partial charge in [-0.15, -0.1) is 0 Å². The van der Waals surface area contributed by atoms with Gasteiger partial charge in [-0.05, 0) is 37.8 Å². The van der Waals surface area contributed by atoms with E-state index >= 15 is 0 Å². The lowest BCUT2D eigenvalue weighted by atomic mass is 10.1. The van der Waals surface area contributed by atoms with Gasteiger partial charge >= 0.3 is 6.09 Å². The molecule has 1 aliphatic heterocycles. The van der Waals surface area contributed by atoms with Crippen molar-refractivity contribution in [2.75, 3.05) is 13.1 Å². The van der Waals surface area contributed by atoms with E-state index in [-0.39, 0.29) is 12.1 Å². The number of para-hydroxylation sites is 1. The Kier molecular flexibility index (Phi) is 3.69. The van der Waals surface area contributed by atoms with Gasteiger partial charge in [0.05, 0.1) is 0 Å². The van der Waals surface area contributed by atoms with E-state index in [9.17, 15) is 4.79 Å². The first kappa shape index (κ1) is 12.5. The first-order chi connectivity index (χ1) is 9.31. The number of benzene rings is 1. The number of nitrogens with one attached hydrogen (secondary N) is 1. The summed E-state index contributed by atoms with van der Waals surface area (Å²) in [6.45, 7) is 2.20. The van der Waals surface area contributed by atoms with Crippen LogP contribution in [-0.2, 0) is 0 Å². The van der Waals surface area contributed by atoms with E-state index in [1.807, 2.05) is 18.2 Å². The third kappa shape index (κ3) is 3.47. The van der Waals surface area contributed by atoms with Crippen molar-refractivity contribution >= 4 is 6.09 Å². The molecule has 1 N–H and O–H groups in total. The lowest BCUT2D eigenvalue weighted by Crippen LogP contribution is -2.46. The van der Waals surface area contributed by atoms with Gasteiger partial charge in [0, 0.05) is 25.2 Å². The number of likely N-dealkylation sites (tertiary alicyclic amines) is 1. The second kappa shape index (κ2) is 5.61. The summed E-state index contributed by atoms with van der Waals surface area (Å²) in [7, 11) is 0. The third-order valence-corrected chi connectivity index (χ3v) is 3.87. The normalized spacial score (nSPS) is 21.1. The SMILES string of the molecule is O=C(NC1CCN(C2CC2)CC1)Oc1ccccc1. The summed E-state index contributed by atoms with van der Waals surface area (Å²) >= 11 is 0. The Morgan fingerprint density at radius 1 is 1.11 bits per heavy atom. The molecule has 0 radical (unpaired) electrons. The Bertz CT molecular complexity index is 423. The molecular weight excluding hydrogens is 240 g/mol. The first-order valence-electron chi connectivity index (χ1n) is 7.09. The number of ether oxygens (including phenoxy) is 1. The molecule has 1 aromatic rings. The van der Waals surface area contributed by atoms with E-state index in [1.54, 1.807) is 12.1 Å². The summed E-state index contributed by atoms with van der Waals surface area (Å²) in [5.41, 5.74) is 0. The Morgan fingerprint density at radius 3 is 2.42 bits per heavy atom. The molecule has 0 unspecified atom stereocenters.